The van der Waals surface area contributed by atoms with E-state index in [1.165, 1.54) is 0 Å². The van der Waals surface area contributed by atoms with Gasteiger partial charge in [0.05, 0.1) is 97.5 Å². The molecule has 4 amide bonds. The molecule has 134 heavy (non-hydrogen) atoms. The van der Waals surface area contributed by atoms with Crippen LogP contribution in [0.3, 0.4) is 0 Å². The molecule has 6 fully saturated rings. The number of halogens is 9. The molecule has 1 N–H and O–H groups in total. The summed E-state index contributed by atoms with van der Waals surface area (Å²) < 4.78 is 164. The molecule has 0 aliphatic carbocycles. The first-order valence-corrected chi connectivity index (χ1v) is 53.0. The highest BCUT2D eigenvalue weighted by Crippen LogP contribution is 2.46. The van der Waals surface area contributed by atoms with Crippen LogP contribution in [0, 0.1) is 34.9 Å². The number of carbonyl (C=O) groups excluding carboxylic acids is 4. The first-order valence-electron chi connectivity index (χ1n) is 45.6. The molecule has 11 aromatic rings. The van der Waals surface area contributed by atoms with Gasteiger partial charge in [-0.15, -0.1) is 0 Å². The second-order valence-corrected chi connectivity index (χ2v) is 51.1. The van der Waals surface area contributed by atoms with Crippen LogP contribution in [0.4, 0.5) is 60.7 Å². The molecular weight excluding hydrogens is 1780 g/mol. The monoisotopic (exact) mass is 1890 g/mol. The van der Waals surface area contributed by atoms with Gasteiger partial charge in [-0.3, -0.25) is 33.6 Å². The number of nitrogens with one attached hydrogen (secondary N) is 1. The van der Waals surface area contributed by atoms with Crippen molar-refractivity contribution in [3.05, 3.63) is 191 Å². The number of pyridine rings is 3. The van der Waals surface area contributed by atoms with Gasteiger partial charge in [-0.25, -0.2) is 73.3 Å². The molecule has 3 aromatic carbocycles. The summed E-state index contributed by atoms with van der Waals surface area (Å²) in [6, 6.07) is 15.2. The zero-order valence-electron chi connectivity index (χ0n) is 77.2. The van der Waals surface area contributed by atoms with Crippen molar-refractivity contribution in [3.8, 4) is 33.4 Å². The van der Waals surface area contributed by atoms with E-state index in [4.69, 9.17) is 39.1 Å². The Morgan fingerprint density at radius 1 is 0.485 bits per heavy atom. The van der Waals surface area contributed by atoms with E-state index in [0.29, 0.717) is 97.3 Å². The van der Waals surface area contributed by atoms with Crippen LogP contribution >= 0.6 is 0 Å². The molecule has 0 bridgehead atoms. The number of aromatic nitrogens is 13. The minimum absolute atomic E-state index is 0.00465. The first kappa shape index (κ1) is 95.3. The fourth-order valence-electron chi connectivity index (χ4n) is 18.0. The third kappa shape index (κ3) is 22.2. The Balaban J connectivity index is 0.000000148. The number of benzene rings is 3. The molecule has 2 unspecified atom stereocenters. The van der Waals surface area contributed by atoms with Gasteiger partial charge in [0.2, 0.25) is 11.8 Å². The van der Waals surface area contributed by atoms with Crippen LogP contribution in [0.1, 0.15) is 164 Å². The zero-order chi connectivity index (χ0) is 95.1. The van der Waals surface area contributed by atoms with Gasteiger partial charge in [0.1, 0.15) is 83.9 Å². The quantitative estimate of drug-likeness (QED) is 0.0397. The maximum absolute atomic E-state index is 15.1. The number of nitrogens with zero attached hydrogens (tertiary/aromatic N) is 19. The van der Waals surface area contributed by atoms with Crippen LogP contribution in [0.25, 0.3) is 55.4 Å². The standard InChI is InChI=1S/C35H44F3N7O4Si.C35H46F3N7O3Si.C25H23F3N6O/c1-35(2,3)49-34(47)42-10-9-26(16-31(42)46)44-19-23(18-40-44)22-13-28-32(39-17-22)45(21-48-11-12-50(4,5)6)41-33(28)43-20-25(37)15-30(43)27-14-24(36)7-8-29(27)38;1-35(2,3)48-34(46)42-11-9-27(10-12-42)44-20-24(19-40-44)23-15-29-32(39-18-23)45(22-47-13-14-49(4,5)6)41-33(29)43-21-26(37)17-31(43)28-16-25(36)7-8-30(28)38;26-16-1-2-21(28)19(6-16)23-7-17(27)13-33(23)25-20-5-14(9-30-22(20)11-31-25)15-10-32-34(12-15)18-3-4-29-24(35)8-18/h7-8,13-14,17-19,25-26,30H,9-12,15-16,20-21H2,1-6H3;7-8,15-16,18-20,26-27,31H,9-14,17,21-22H2,1-6H3;1-2,5-6,9-10,12,17-18,23H,3-4,7-8,11,13H2,(H,29,35)/t25-,26?,30+;26-,31+;17-,18?,23+/m000/s1. The van der Waals surface area contributed by atoms with Gasteiger partial charge in [-0.2, -0.15) is 25.5 Å². The van der Waals surface area contributed by atoms with Crippen molar-refractivity contribution in [3.63, 3.8) is 0 Å². The highest BCUT2D eigenvalue weighted by Gasteiger charge is 2.44. The number of imide groups is 1. The number of hydrogen-bond donors (Lipinski definition) is 1. The summed E-state index contributed by atoms with van der Waals surface area (Å²) in [5.41, 5.74) is 6.30. The first-order chi connectivity index (χ1) is 63.7. The van der Waals surface area contributed by atoms with Gasteiger partial charge < -0.3 is 43.9 Å². The molecule has 28 nitrogen and oxygen atoms in total. The molecule has 39 heteroatoms. The molecule has 7 aliphatic rings. The Labute approximate surface area is 772 Å². The Hall–Kier alpha value is -11.8. The van der Waals surface area contributed by atoms with E-state index in [0.717, 1.165) is 130 Å². The lowest BCUT2D eigenvalue weighted by Gasteiger charge is -2.33. The van der Waals surface area contributed by atoms with Crippen molar-refractivity contribution in [1.82, 2.24) is 83.9 Å². The van der Waals surface area contributed by atoms with E-state index in [2.05, 4.69) is 69.9 Å². The van der Waals surface area contributed by atoms with Crippen LogP contribution < -0.4 is 15.1 Å². The van der Waals surface area contributed by atoms with E-state index in [-0.39, 0.29) is 118 Å². The normalized spacial score (nSPS) is 20.8. The van der Waals surface area contributed by atoms with Crippen molar-refractivity contribution in [2.75, 3.05) is 68.8 Å². The number of hydrogen-bond acceptors (Lipinski definition) is 20. The van der Waals surface area contributed by atoms with Crippen molar-refractivity contribution in [2.45, 2.75) is 237 Å². The van der Waals surface area contributed by atoms with Gasteiger partial charge in [0.25, 0.3) is 0 Å². The third-order valence-electron chi connectivity index (χ3n) is 24.9. The number of rotatable bonds is 21. The molecule has 8 aromatic heterocycles. The molecule has 15 heterocycles. The van der Waals surface area contributed by atoms with Gasteiger partial charge in [-0.1, -0.05) is 39.3 Å². The Morgan fingerprint density at radius 2 is 0.903 bits per heavy atom. The van der Waals surface area contributed by atoms with Gasteiger partial charge >= 0.3 is 12.2 Å². The number of amides is 4. The van der Waals surface area contributed by atoms with Crippen LogP contribution in [-0.2, 0) is 48.5 Å². The predicted octanol–water partition coefficient (Wildman–Crippen LogP) is 18.7. The highest BCUT2D eigenvalue weighted by atomic mass is 28.3. The number of fused-ring (bicyclic) bond motifs is 3. The van der Waals surface area contributed by atoms with Gasteiger partial charge in [0.15, 0.2) is 22.9 Å². The Kier molecular flexibility index (Phi) is 27.9. The maximum atomic E-state index is 15.1. The number of anilines is 2. The minimum Gasteiger partial charge on any atom is -0.444 e. The van der Waals surface area contributed by atoms with E-state index in [1.807, 2.05) is 66.9 Å². The lowest BCUT2D eigenvalue weighted by Crippen LogP contribution is -2.45. The average Bonchev–Trinajstić information content (AvgIpc) is 1.63. The number of likely N-dealkylation sites (tertiary alicyclic amines) is 3. The van der Waals surface area contributed by atoms with E-state index in [9.17, 15) is 41.1 Å². The minimum atomic E-state index is -1.34. The summed E-state index contributed by atoms with van der Waals surface area (Å²) in [7, 11) is -2.66. The molecule has 7 aliphatic heterocycles. The van der Waals surface area contributed by atoms with Crippen molar-refractivity contribution >= 4 is 79.7 Å². The topological polar surface area (TPSA) is 274 Å². The number of carbonyl (C=O) groups is 4. The van der Waals surface area contributed by atoms with Crippen LogP contribution in [-0.4, -0.2) is 213 Å². The Bertz CT molecular complexity index is 6170. The second kappa shape index (κ2) is 39.2. The molecule has 712 valence electrons. The average molecular weight is 1890 g/mol. The fourth-order valence-corrected chi connectivity index (χ4v) is 19.5. The van der Waals surface area contributed by atoms with Crippen LogP contribution in [0.2, 0.25) is 51.4 Å². The van der Waals surface area contributed by atoms with Gasteiger partial charge in [-0.05, 0) is 152 Å². The lowest BCUT2D eigenvalue weighted by atomic mass is 10.0. The summed E-state index contributed by atoms with van der Waals surface area (Å²) in [6.07, 6.45) is 14.7. The van der Waals surface area contributed by atoms with E-state index in [1.54, 1.807) is 91.6 Å². The van der Waals surface area contributed by atoms with Crippen molar-refractivity contribution < 1.29 is 77.6 Å². The molecule has 6 saturated heterocycles. The number of amidine groups is 1. The SMILES string of the molecule is CC(C)(C)OC(=O)N1CCC(n2cc(-c3cnc4c(c3)c(N3C[C@@H](F)C[C@@H]3c3cc(F)ccc3F)nn4COCC[Si](C)(C)C)cn2)CC1.CC(C)(C)OC(=O)N1CCC(n2cc(-c3cnc4c(c3)c(N3C[C@@H](F)C[C@@H]3c3cc(F)ccc3F)nn4COCC[Si](C)(C)C)cn2)CC1=O.O=C1CC(n2cc(-c3cnc4c(c3)C(N3C[C@@H](F)C[C@@H]3c3cc(F)ccc3F)=NC4)cn2)CCN1. The summed E-state index contributed by atoms with van der Waals surface area (Å²) >= 11 is 0. The third-order valence-corrected chi connectivity index (χ3v) is 28.3. The maximum Gasteiger partial charge on any atom is 0.417 e. The molecule has 0 radical (unpaired) electrons. The zero-order valence-corrected chi connectivity index (χ0v) is 79.2. The largest absolute Gasteiger partial charge is 0.444 e. The predicted molar refractivity (Wildman–Crippen MR) is 492 cm³/mol. The number of alkyl halides is 3. The molecular formula is C95H113F9N20O8Si2. The van der Waals surface area contributed by atoms with Crippen LogP contribution in [0.5, 0.6) is 0 Å². The lowest BCUT2D eigenvalue weighted by molar-refractivity contribution is -0.133. The van der Waals surface area contributed by atoms with Crippen molar-refractivity contribution in [2.24, 2.45) is 4.99 Å². The summed E-state index contributed by atoms with van der Waals surface area (Å²) in [6.45, 7) is 28.2. The Morgan fingerprint density at radius 3 is 1.35 bits per heavy atom. The van der Waals surface area contributed by atoms with Gasteiger partial charge in [0, 0.05) is 180 Å². The summed E-state index contributed by atoms with van der Waals surface area (Å²) in [5, 5.41) is 27.4. The number of aliphatic imine (C=N–C) groups is 1. The van der Waals surface area contributed by atoms with Crippen molar-refractivity contribution in [1.29, 1.82) is 0 Å². The van der Waals surface area contributed by atoms with E-state index >= 15 is 17.6 Å². The number of piperidine rings is 3. The summed E-state index contributed by atoms with van der Waals surface area (Å²) in [5.74, 6) is -2.46. The summed E-state index contributed by atoms with van der Waals surface area (Å²) in [4.78, 5) is 76.4. The number of ether oxygens (including phenoxy) is 4. The smallest absolute Gasteiger partial charge is 0.417 e. The second-order valence-electron chi connectivity index (χ2n) is 39.9. The van der Waals surface area contributed by atoms with E-state index < -0.39 is 105 Å². The highest BCUT2D eigenvalue weighted by molar-refractivity contribution is 6.76. The van der Waals surface area contributed by atoms with Crippen LogP contribution in [0.15, 0.2) is 134 Å². The fraction of sp³-hybridized carbons (Fsp3) is 0.484. The molecule has 8 atom stereocenters. The molecule has 18 rings (SSSR count). The molecule has 0 spiro atoms. The molecule has 0 saturated carbocycles.